The molecule has 0 aromatic heterocycles. The third kappa shape index (κ3) is 4.39. The quantitative estimate of drug-likeness (QED) is 0.555. The van der Waals surface area contributed by atoms with Crippen molar-refractivity contribution in [1.82, 2.24) is 16.0 Å². The highest BCUT2D eigenvalue weighted by molar-refractivity contribution is 6.30. The zero-order chi connectivity index (χ0) is 20.7. The molecule has 2 unspecified atom stereocenters. The summed E-state index contributed by atoms with van der Waals surface area (Å²) in [5, 5.41) is 17.3. The lowest BCUT2D eigenvalue weighted by Gasteiger charge is -2.30. The first kappa shape index (κ1) is 20.5. The van der Waals surface area contributed by atoms with E-state index in [1.54, 1.807) is 0 Å². The van der Waals surface area contributed by atoms with E-state index < -0.39 is 35.9 Å². The third-order valence-electron chi connectivity index (χ3n) is 6.39. The Bertz CT molecular complexity index is 814. The monoisotopic (exact) mass is 427 g/mol. The number of nitrogens with one attached hydrogen (secondary N) is 3. The molecule has 6 nitrogen and oxygen atoms in total. The number of fused-ring (bicyclic) bond motifs is 1. The summed E-state index contributed by atoms with van der Waals surface area (Å²) in [7, 11) is 0. The number of carbonyl (C=O) groups is 2. The molecular formula is C20H24ClF2N3O3. The fourth-order valence-electron chi connectivity index (χ4n) is 4.72. The molecule has 158 valence electrons. The molecule has 2 amide bonds. The van der Waals surface area contributed by atoms with Gasteiger partial charge in [-0.3, -0.25) is 14.9 Å². The number of aliphatic hydroxyl groups excluding tert-OH is 1. The number of carbonyl (C=O) groups excluding carboxylic acids is 2. The van der Waals surface area contributed by atoms with Crippen molar-refractivity contribution >= 4 is 23.4 Å². The van der Waals surface area contributed by atoms with Crippen molar-refractivity contribution in [3.8, 4) is 0 Å². The summed E-state index contributed by atoms with van der Waals surface area (Å²) in [6.07, 6.45) is 1.86. The van der Waals surface area contributed by atoms with Crippen LogP contribution in [0.15, 0.2) is 12.1 Å². The van der Waals surface area contributed by atoms with Gasteiger partial charge in [-0.2, -0.15) is 0 Å². The second kappa shape index (κ2) is 8.16. The van der Waals surface area contributed by atoms with Crippen LogP contribution < -0.4 is 16.0 Å². The number of benzene rings is 1. The predicted molar refractivity (Wildman–Crippen MR) is 101 cm³/mol. The van der Waals surface area contributed by atoms with E-state index in [2.05, 4.69) is 16.0 Å². The van der Waals surface area contributed by atoms with Crippen molar-refractivity contribution in [2.45, 2.75) is 44.5 Å². The zero-order valence-electron chi connectivity index (χ0n) is 15.8. The highest BCUT2D eigenvalue weighted by atomic mass is 35.5. The normalized spacial score (nSPS) is 32.6. The van der Waals surface area contributed by atoms with Crippen LogP contribution in [0, 0.1) is 35.3 Å². The van der Waals surface area contributed by atoms with E-state index in [9.17, 15) is 23.5 Å². The fraction of sp³-hybridized carbons (Fsp3) is 0.600. The molecule has 2 aliphatic carbocycles. The number of amides is 2. The summed E-state index contributed by atoms with van der Waals surface area (Å²) >= 11 is 5.89. The second-order valence-electron chi connectivity index (χ2n) is 8.34. The van der Waals surface area contributed by atoms with Gasteiger partial charge < -0.3 is 15.7 Å². The van der Waals surface area contributed by atoms with Crippen LogP contribution in [-0.2, 0) is 9.59 Å². The average molecular weight is 428 g/mol. The van der Waals surface area contributed by atoms with Crippen molar-refractivity contribution in [2.75, 3.05) is 6.54 Å². The Morgan fingerprint density at radius 2 is 1.97 bits per heavy atom. The van der Waals surface area contributed by atoms with E-state index >= 15 is 0 Å². The topological polar surface area (TPSA) is 90.5 Å². The largest absolute Gasteiger partial charge is 0.361 e. The number of hydrogen-bond acceptors (Lipinski definition) is 4. The van der Waals surface area contributed by atoms with E-state index in [1.165, 1.54) is 6.07 Å². The van der Waals surface area contributed by atoms with Gasteiger partial charge in [0.1, 0.15) is 11.6 Å². The van der Waals surface area contributed by atoms with Crippen molar-refractivity contribution in [1.29, 1.82) is 0 Å². The van der Waals surface area contributed by atoms with Crippen LogP contribution in [0.25, 0.3) is 0 Å². The highest BCUT2D eigenvalue weighted by Gasteiger charge is 2.49. The van der Waals surface area contributed by atoms with Crippen molar-refractivity contribution < 1.29 is 23.5 Å². The van der Waals surface area contributed by atoms with E-state index in [0.717, 1.165) is 25.3 Å². The van der Waals surface area contributed by atoms with Gasteiger partial charge in [-0.1, -0.05) is 11.6 Å². The summed E-state index contributed by atoms with van der Waals surface area (Å²) in [5.41, 5.74) is -0.200. The number of hydrogen-bond donors (Lipinski definition) is 4. The van der Waals surface area contributed by atoms with E-state index in [4.69, 9.17) is 11.6 Å². The summed E-state index contributed by atoms with van der Waals surface area (Å²) in [5.74, 6) is -1.91. The van der Waals surface area contributed by atoms with Gasteiger partial charge in [-0.05, 0) is 55.6 Å². The fourth-order valence-corrected chi connectivity index (χ4v) is 4.88. The van der Waals surface area contributed by atoms with Crippen LogP contribution in [0.4, 0.5) is 8.78 Å². The second-order valence-corrected chi connectivity index (χ2v) is 8.75. The van der Waals surface area contributed by atoms with Gasteiger partial charge in [0.2, 0.25) is 11.8 Å². The lowest BCUT2D eigenvalue weighted by molar-refractivity contribution is -0.129. The molecule has 1 aromatic carbocycles. The molecule has 1 aromatic rings. The Morgan fingerprint density at radius 3 is 2.69 bits per heavy atom. The predicted octanol–water partition coefficient (Wildman–Crippen LogP) is 2.21. The van der Waals surface area contributed by atoms with E-state index in [1.807, 2.05) is 0 Å². The van der Waals surface area contributed by atoms with Gasteiger partial charge in [0.15, 0.2) is 6.35 Å². The molecule has 2 saturated carbocycles. The Kier molecular flexibility index (Phi) is 5.77. The summed E-state index contributed by atoms with van der Waals surface area (Å²) in [6, 6.07) is 1.46. The van der Waals surface area contributed by atoms with Gasteiger partial charge in [-0.15, -0.1) is 0 Å². The standard InChI is InChI=1S/C20H24ClF2N3O3/c21-13-2-3-14(22)16(17(13)23)18(12-6-10-5-11(10)7-12)26-19(28)9-1-4-15(27)25-20(29)24-8-9/h2-3,9-12,18,20,24,29H,1,4-8H2,(H,25,27)(H,26,28)/t9-,10-,11+,12?,18+,20?/m0/s1. The molecule has 1 heterocycles. The number of halogens is 3. The number of rotatable bonds is 4. The molecule has 0 bridgehead atoms. The summed E-state index contributed by atoms with van der Waals surface area (Å²) in [6.45, 7) is 0.135. The first-order valence-electron chi connectivity index (χ1n) is 9.98. The molecule has 9 heteroatoms. The Labute approximate surface area is 172 Å². The maximum absolute atomic E-state index is 14.8. The van der Waals surface area contributed by atoms with Crippen LogP contribution in [0.1, 0.15) is 43.7 Å². The minimum Gasteiger partial charge on any atom is -0.361 e. The minimum atomic E-state index is -1.24. The van der Waals surface area contributed by atoms with Crippen LogP contribution >= 0.6 is 11.6 Å². The Balaban J connectivity index is 1.56. The average Bonchev–Trinajstić information content (AvgIpc) is 3.27. The molecule has 1 saturated heterocycles. The van der Waals surface area contributed by atoms with Crippen LogP contribution in [0.3, 0.4) is 0 Å². The molecule has 0 radical (unpaired) electrons. The van der Waals surface area contributed by atoms with Gasteiger partial charge in [-0.25, -0.2) is 8.78 Å². The SMILES string of the molecule is O=C1CC[C@H](C(=O)N[C@@H](c2c(F)ccc(Cl)c2F)C2C[C@@H]3C[C@@H]3C2)CNC(O)N1. The smallest absolute Gasteiger partial charge is 0.224 e. The van der Waals surface area contributed by atoms with Crippen LogP contribution in [-0.4, -0.2) is 29.8 Å². The van der Waals surface area contributed by atoms with Crippen molar-refractivity contribution in [3.05, 3.63) is 34.4 Å². The first-order valence-corrected chi connectivity index (χ1v) is 10.4. The van der Waals surface area contributed by atoms with Gasteiger partial charge in [0.05, 0.1) is 17.0 Å². The lowest BCUT2D eigenvalue weighted by Crippen LogP contribution is -2.51. The molecule has 6 atom stereocenters. The van der Waals surface area contributed by atoms with Gasteiger partial charge in [0, 0.05) is 18.5 Å². The van der Waals surface area contributed by atoms with E-state index in [0.29, 0.717) is 11.8 Å². The van der Waals surface area contributed by atoms with Crippen molar-refractivity contribution in [3.63, 3.8) is 0 Å². The maximum Gasteiger partial charge on any atom is 0.224 e. The molecule has 3 fully saturated rings. The molecule has 4 N–H and O–H groups in total. The third-order valence-corrected chi connectivity index (χ3v) is 6.68. The van der Waals surface area contributed by atoms with Gasteiger partial charge >= 0.3 is 0 Å². The lowest BCUT2D eigenvalue weighted by atomic mass is 9.87. The molecule has 3 aliphatic rings. The first-order chi connectivity index (χ1) is 13.8. The maximum atomic E-state index is 14.8. The molecule has 29 heavy (non-hydrogen) atoms. The van der Waals surface area contributed by atoms with Crippen molar-refractivity contribution in [2.24, 2.45) is 23.7 Å². The van der Waals surface area contributed by atoms with Crippen LogP contribution in [0.2, 0.25) is 5.02 Å². The Morgan fingerprint density at radius 1 is 1.24 bits per heavy atom. The minimum absolute atomic E-state index is 0.0689. The Hall–Kier alpha value is -1.77. The van der Waals surface area contributed by atoms with Crippen LogP contribution in [0.5, 0.6) is 0 Å². The van der Waals surface area contributed by atoms with E-state index in [-0.39, 0.29) is 41.8 Å². The number of aliphatic hydroxyl groups is 1. The molecular weight excluding hydrogens is 404 g/mol. The van der Waals surface area contributed by atoms with Gasteiger partial charge in [0.25, 0.3) is 0 Å². The molecule has 4 rings (SSSR count). The zero-order valence-corrected chi connectivity index (χ0v) is 16.5. The summed E-state index contributed by atoms with van der Waals surface area (Å²) in [4.78, 5) is 24.7. The summed E-state index contributed by atoms with van der Waals surface area (Å²) < 4.78 is 29.4. The highest BCUT2D eigenvalue weighted by Crippen LogP contribution is 2.57. The molecule has 1 aliphatic heterocycles. The molecule has 0 spiro atoms.